The molecule has 2 atom stereocenters. The Balaban J connectivity index is 2.08. The van der Waals surface area contributed by atoms with Gasteiger partial charge < -0.3 is 5.32 Å². The molecule has 3 heteroatoms. The van der Waals surface area contributed by atoms with Crippen LogP contribution in [0.25, 0.3) is 0 Å². The molecule has 0 aliphatic rings. The van der Waals surface area contributed by atoms with E-state index in [1.807, 2.05) is 6.92 Å². The van der Waals surface area contributed by atoms with Gasteiger partial charge >= 0.3 is 0 Å². The van der Waals surface area contributed by atoms with Gasteiger partial charge in [-0.2, -0.15) is 0 Å². The molecule has 2 nitrogen and oxygen atoms in total. The molecule has 1 N–H and O–H groups in total. The topological polar surface area (TPSA) is 24.9 Å². The molecule has 0 radical (unpaired) electrons. The van der Waals surface area contributed by atoms with E-state index in [0.717, 1.165) is 12.1 Å². The second kappa shape index (κ2) is 6.83. The summed E-state index contributed by atoms with van der Waals surface area (Å²) in [5, 5.41) is 7.00. The SMILES string of the molecule is CCCC(NC(C)c1nc(C)cs1)c1ccccc1. The molecule has 0 spiro atoms. The van der Waals surface area contributed by atoms with Crippen molar-refractivity contribution >= 4 is 11.3 Å². The molecule has 0 aliphatic carbocycles. The first-order valence-electron chi connectivity index (χ1n) is 6.93. The third kappa shape index (κ3) is 3.88. The molecule has 0 saturated heterocycles. The first kappa shape index (κ1) is 14.2. The Morgan fingerprint density at radius 2 is 2.00 bits per heavy atom. The third-order valence-electron chi connectivity index (χ3n) is 3.24. The number of benzene rings is 1. The minimum atomic E-state index is 0.301. The maximum Gasteiger partial charge on any atom is 0.110 e. The summed E-state index contributed by atoms with van der Waals surface area (Å²) < 4.78 is 0. The predicted octanol–water partition coefficient (Wildman–Crippen LogP) is 4.64. The minimum Gasteiger partial charge on any atom is -0.301 e. The van der Waals surface area contributed by atoms with Gasteiger partial charge in [-0.25, -0.2) is 4.98 Å². The molecule has 0 saturated carbocycles. The monoisotopic (exact) mass is 274 g/mol. The van der Waals surface area contributed by atoms with E-state index < -0.39 is 0 Å². The number of hydrogen-bond acceptors (Lipinski definition) is 3. The molecule has 1 heterocycles. The summed E-state index contributed by atoms with van der Waals surface area (Å²) in [6.45, 7) is 6.48. The lowest BCUT2D eigenvalue weighted by atomic mass is 10.0. The lowest BCUT2D eigenvalue weighted by Crippen LogP contribution is -2.24. The van der Waals surface area contributed by atoms with E-state index >= 15 is 0 Å². The number of aromatic nitrogens is 1. The zero-order valence-electron chi connectivity index (χ0n) is 11.9. The summed E-state index contributed by atoms with van der Waals surface area (Å²) in [5.74, 6) is 0. The van der Waals surface area contributed by atoms with Crippen LogP contribution in [0.5, 0.6) is 0 Å². The summed E-state index contributed by atoms with van der Waals surface area (Å²) >= 11 is 1.74. The fourth-order valence-corrected chi connectivity index (χ4v) is 3.08. The van der Waals surface area contributed by atoms with Crippen LogP contribution < -0.4 is 5.32 Å². The zero-order chi connectivity index (χ0) is 13.7. The second-order valence-electron chi connectivity index (χ2n) is 4.97. The standard InChI is InChI=1S/C16H22N2S/c1-4-8-15(14-9-6-5-7-10-14)18-13(3)16-17-12(2)11-19-16/h5-7,9-11,13,15,18H,4,8H2,1-3H3. The largest absolute Gasteiger partial charge is 0.301 e. The van der Waals surface area contributed by atoms with E-state index in [1.54, 1.807) is 11.3 Å². The van der Waals surface area contributed by atoms with Crippen LogP contribution in [0.2, 0.25) is 0 Å². The lowest BCUT2D eigenvalue weighted by molar-refractivity contribution is 0.438. The molecule has 1 aromatic carbocycles. The van der Waals surface area contributed by atoms with E-state index in [-0.39, 0.29) is 0 Å². The third-order valence-corrected chi connectivity index (χ3v) is 4.38. The van der Waals surface area contributed by atoms with Crippen molar-refractivity contribution in [3.8, 4) is 0 Å². The van der Waals surface area contributed by atoms with Crippen LogP contribution in [0.3, 0.4) is 0 Å². The van der Waals surface area contributed by atoms with Crippen LogP contribution in [-0.4, -0.2) is 4.98 Å². The number of aryl methyl sites for hydroxylation is 1. The minimum absolute atomic E-state index is 0.301. The Morgan fingerprint density at radius 3 is 2.58 bits per heavy atom. The van der Waals surface area contributed by atoms with E-state index in [0.29, 0.717) is 12.1 Å². The van der Waals surface area contributed by atoms with Crippen molar-refractivity contribution in [1.82, 2.24) is 10.3 Å². The van der Waals surface area contributed by atoms with Crippen molar-refractivity contribution in [1.29, 1.82) is 0 Å². The van der Waals surface area contributed by atoms with Crippen LogP contribution >= 0.6 is 11.3 Å². The van der Waals surface area contributed by atoms with Gasteiger partial charge in [-0.05, 0) is 25.8 Å². The highest BCUT2D eigenvalue weighted by atomic mass is 32.1. The van der Waals surface area contributed by atoms with Gasteiger partial charge in [0.15, 0.2) is 0 Å². The van der Waals surface area contributed by atoms with E-state index in [2.05, 4.69) is 59.9 Å². The van der Waals surface area contributed by atoms with Crippen LogP contribution in [0, 0.1) is 6.92 Å². The Hall–Kier alpha value is -1.19. The molecule has 0 fully saturated rings. The molecule has 0 bridgehead atoms. The summed E-state index contributed by atoms with van der Waals surface area (Å²) in [4.78, 5) is 4.57. The average molecular weight is 274 g/mol. The highest BCUT2D eigenvalue weighted by Gasteiger charge is 2.16. The quantitative estimate of drug-likeness (QED) is 0.829. The van der Waals surface area contributed by atoms with Crippen molar-refractivity contribution < 1.29 is 0 Å². The van der Waals surface area contributed by atoms with Crippen molar-refractivity contribution in [3.05, 3.63) is 52.0 Å². The van der Waals surface area contributed by atoms with Gasteiger partial charge in [-0.1, -0.05) is 43.7 Å². The highest BCUT2D eigenvalue weighted by molar-refractivity contribution is 7.09. The van der Waals surface area contributed by atoms with Gasteiger partial charge in [-0.15, -0.1) is 11.3 Å². The van der Waals surface area contributed by atoms with Crippen molar-refractivity contribution in [2.45, 2.75) is 45.7 Å². The number of hydrogen-bond donors (Lipinski definition) is 1. The molecular formula is C16H22N2S. The van der Waals surface area contributed by atoms with Crippen LogP contribution in [0.4, 0.5) is 0 Å². The van der Waals surface area contributed by atoms with E-state index in [4.69, 9.17) is 0 Å². The number of nitrogens with one attached hydrogen (secondary N) is 1. The Bertz CT molecular complexity index is 492. The smallest absolute Gasteiger partial charge is 0.110 e. The summed E-state index contributed by atoms with van der Waals surface area (Å²) in [6, 6.07) is 11.4. The van der Waals surface area contributed by atoms with Crippen LogP contribution in [0.15, 0.2) is 35.7 Å². The predicted molar refractivity (Wildman–Crippen MR) is 82.5 cm³/mol. The highest BCUT2D eigenvalue weighted by Crippen LogP contribution is 2.24. The fourth-order valence-electron chi connectivity index (χ4n) is 2.26. The van der Waals surface area contributed by atoms with Gasteiger partial charge in [0.05, 0.1) is 6.04 Å². The van der Waals surface area contributed by atoms with Gasteiger partial charge in [0, 0.05) is 17.1 Å². The molecule has 2 unspecified atom stereocenters. The fraction of sp³-hybridized carbons (Fsp3) is 0.438. The first-order valence-corrected chi connectivity index (χ1v) is 7.81. The van der Waals surface area contributed by atoms with Crippen molar-refractivity contribution in [3.63, 3.8) is 0 Å². The maximum absolute atomic E-state index is 4.57. The Kier molecular flexibility index (Phi) is 5.11. The molecule has 0 amide bonds. The summed E-state index contributed by atoms with van der Waals surface area (Å²) in [6.07, 6.45) is 2.33. The normalized spacial score (nSPS) is 14.3. The molecule has 2 rings (SSSR count). The van der Waals surface area contributed by atoms with E-state index in [1.165, 1.54) is 17.0 Å². The van der Waals surface area contributed by atoms with Crippen molar-refractivity contribution in [2.75, 3.05) is 0 Å². The second-order valence-corrected chi connectivity index (χ2v) is 5.86. The summed E-state index contributed by atoms with van der Waals surface area (Å²) in [5.41, 5.74) is 2.48. The summed E-state index contributed by atoms with van der Waals surface area (Å²) in [7, 11) is 0. The van der Waals surface area contributed by atoms with Gasteiger partial charge in [0.2, 0.25) is 0 Å². The Morgan fingerprint density at radius 1 is 1.26 bits per heavy atom. The molecule has 102 valence electrons. The maximum atomic E-state index is 4.57. The number of rotatable bonds is 6. The van der Waals surface area contributed by atoms with Crippen LogP contribution in [-0.2, 0) is 0 Å². The molecule has 1 aromatic heterocycles. The zero-order valence-corrected chi connectivity index (χ0v) is 12.7. The first-order chi connectivity index (χ1) is 9.20. The lowest BCUT2D eigenvalue weighted by Gasteiger charge is -2.22. The van der Waals surface area contributed by atoms with Gasteiger partial charge in [0.25, 0.3) is 0 Å². The molecular weight excluding hydrogens is 252 g/mol. The van der Waals surface area contributed by atoms with Crippen LogP contribution in [0.1, 0.15) is 55.0 Å². The number of nitrogens with zero attached hydrogens (tertiary/aromatic N) is 1. The molecule has 2 aromatic rings. The average Bonchev–Trinajstić information content (AvgIpc) is 2.86. The number of thiazole rings is 1. The molecule has 19 heavy (non-hydrogen) atoms. The van der Waals surface area contributed by atoms with Gasteiger partial charge in [0.1, 0.15) is 5.01 Å². The van der Waals surface area contributed by atoms with Crippen molar-refractivity contribution in [2.24, 2.45) is 0 Å². The van der Waals surface area contributed by atoms with Gasteiger partial charge in [-0.3, -0.25) is 0 Å². The van der Waals surface area contributed by atoms with E-state index in [9.17, 15) is 0 Å². The molecule has 0 aliphatic heterocycles. The Labute approximate surface area is 119 Å².